The molecule has 0 amide bonds. The molecule has 37 heavy (non-hydrogen) atoms. The molecule has 2 aliphatic rings. The van der Waals surface area contributed by atoms with Crippen LogP contribution in [0.25, 0.3) is 11.1 Å². The van der Waals surface area contributed by atoms with E-state index in [-0.39, 0.29) is 17.8 Å². The quantitative estimate of drug-likeness (QED) is 0.340. The number of hydrogen-bond acceptors (Lipinski definition) is 4. The number of benzene rings is 3. The van der Waals surface area contributed by atoms with E-state index in [4.69, 9.17) is 9.47 Å². The Bertz CT molecular complexity index is 1290. The molecule has 4 nitrogen and oxygen atoms in total. The summed E-state index contributed by atoms with van der Waals surface area (Å²) < 4.78 is 11.0. The first-order chi connectivity index (χ1) is 17.8. The van der Waals surface area contributed by atoms with Crippen molar-refractivity contribution in [3.63, 3.8) is 0 Å². The van der Waals surface area contributed by atoms with Gasteiger partial charge >= 0.3 is 0 Å². The van der Waals surface area contributed by atoms with E-state index < -0.39 is 5.97 Å². The summed E-state index contributed by atoms with van der Waals surface area (Å²) in [4.78, 5) is 11.4. The van der Waals surface area contributed by atoms with Crippen molar-refractivity contribution < 1.29 is 19.4 Å². The summed E-state index contributed by atoms with van der Waals surface area (Å²) in [6.45, 7) is 7.67. The number of aliphatic carboxylic acids is 1. The zero-order valence-electron chi connectivity index (χ0n) is 22.5. The molecule has 1 saturated carbocycles. The molecule has 1 fully saturated rings. The number of ether oxygens (including phenoxy) is 2. The predicted octanol–water partition coefficient (Wildman–Crippen LogP) is 5.65. The standard InChI is InChI=1S/C33H38O4/c1-21-16-27(37-15-14-36-4)17-22(2)32(21)28-7-5-6-25(23(28)3)10-8-24-9-11-29-26(18-24)20-33(12-13-33)30(29)19-31(34)35/h5-7,9,11,16-18,30H,8,10,12-15,19-20H2,1-4H3,(H,34,35)/p-1. The lowest BCUT2D eigenvalue weighted by Gasteiger charge is -2.20. The van der Waals surface area contributed by atoms with Gasteiger partial charge in [-0.15, -0.1) is 0 Å². The summed E-state index contributed by atoms with van der Waals surface area (Å²) in [6, 6.07) is 17.6. The van der Waals surface area contributed by atoms with Gasteiger partial charge in [0.15, 0.2) is 0 Å². The Morgan fingerprint density at radius 3 is 2.43 bits per heavy atom. The van der Waals surface area contributed by atoms with Crippen LogP contribution in [0.2, 0.25) is 0 Å². The van der Waals surface area contributed by atoms with Gasteiger partial charge in [0.2, 0.25) is 0 Å². The van der Waals surface area contributed by atoms with Crippen LogP contribution in [0.1, 0.15) is 64.1 Å². The van der Waals surface area contributed by atoms with Crippen molar-refractivity contribution in [1.82, 2.24) is 0 Å². The normalized spacial score (nSPS) is 17.1. The number of fused-ring (bicyclic) bond motifs is 1. The maximum Gasteiger partial charge on any atom is 0.119 e. The molecular formula is C33H37O4-. The average Bonchev–Trinajstić information content (AvgIpc) is 3.56. The smallest absolute Gasteiger partial charge is 0.119 e. The third kappa shape index (κ3) is 5.17. The van der Waals surface area contributed by atoms with Crippen LogP contribution >= 0.6 is 0 Å². The van der Waals surface area contributed by atoms with E-state index in [9.17, 15) is 9.90 Å². The summed E-state index contributed by atoms with van der Waals surface area (Å²) in [6.07, 6.45) is 5.40. The van der Waals surface area contributed by atoms with Gasteiger partial charge < -0.3 is 19.4 Å². The maximum atomic E-state index is 11.4. The number of rotatable bonds is 10. The summed E-state index contributed by atoms with van der Waals surface area (Å²) in [5, 5.41) is 11.4. The van der Waals surface area contributed by atoms with Gasteiger partial charge in [0.05, 0.1) is 6.61 Å². The lowest BCUT2D eigenvalue weighted by atomic mass is 9.86. The van der Waals surface area contributed by atoms with Crippen molar-refractivity contribution in [2.24, 2.45) is 5.41 Å². The minimum atomic E-state index is -0.928. The van der Waals surface area contributed by atoms with E-state index >= 15 is 0 Å². The highest BCUT2D eigenvalue weighted by Gasteiger charge is 2.53. The SMILES string of the molecule is COCCOc1cc(C)c(-c2cccc(CCc3ccc4c(c3)CC3(CC3)C4CC(=O)[O-])c2C)c(C)c1. The number of carboxylic acid groups (broad SMARTS) is 1. The molecule has 1 atom stereocenters. The van der Waals surface area contributed by atoms with Crippen LogP contribution in [-0.4, -0.2) is 26.3 Å². The lowest BCUT2D eigenvalue weighted by Crippen LogP contribution is -2.26. The third-order valence-corrected chi connectivity index (χ3v) is 8.59. The number of carbonyl (C=O) groups excluding carboxylic acids is 1. The van der Waals surface area contributed by atoms with Crippen molar-refractivity contribution in [1.29, 1.82) is 0 Å². The molecule has 0 bridgehead atoms. The van der Waals surface area contributed by atoms with Crippen LogP contribution < -0.4 is 9.84 Å². The van der Waals surface area contributed by atoms with E-state index in [1.54, 1.807) is 7.11 Å². The fourth-order valence-corrected chi connectivity index (χ4v) is 6.50. The average molecular weight is 498 g/mol. The first-order valence-electron chi connectivity index (χ1n) is 13.4. The number of methoxy groups -OCH3 is 1. The maximum absolute atomic E-state index is 11.4. The molecule has 1 spiro atoms. The second-order valence-electron chi connectivity index (χ2n) is 11.1. The molecular weight excluding hydrogens is 460 g/mol. The molecule has 3 aromatic carbocycles. The summed E-state index contributed by atoms with van der Waals surface area (Å²) >= 11 is 0. The molecule has 1 unspecified atom stereocenters. The van der Waals surface area contributed by atoms with E-state index in [0.29, 0.717) is 13.2 Å². The van der Waals surface area contributed by atoms with Gasteiger partial charge in [0.1, 0.15) is 12.4 Å². The first kappa shape index (κ1) is 25.5. The van der Waals surface area contributed by atoms with Gasteiger partial charge in [-0.25, -0.2) is 0 Å². The number of carboxylic acids is 1. The van der Waals surface area contributed by atoms with Gasteiger partial charge in [-0.05, 0) is 133 Å². The molecule has 5 rings (SSSR count). The van der Waals surface area contributed by atoms with Crippen LogP contribution in [0, 0.1) is 26.2 Å². The number of carbonyl (C=O) groups is 1. The lowest BCUT2D eigenvalue weighted by molar-refractivity contribution is -0.306. The largest absolute Gasteiger partial charge is 0.550 e. The van der Waals surface area contributed by atoms with Gasteiger partial charge in [0, 0.05) is 13.1 Å². The Morgan fingerprint density at radius 2 is 1.76 bits per heavy atom. The van der Waals surface area contributed by atoms with E-state index in [2.05, 4.69) is 69.3 Å². The van der Waals surface area contributed by atoms with Crippen molar-refractivity contribution in [2.75, 3.05) is 20.3 Å². The first-order valence-corrected chi connectivity index (χ1v) is 13.4. The van der Waals surface area contributed by atoms with Crippen LogP contribution in [0.5, 0.6) is 5.75 Å². The highest BCUT2D eigenvalue weighted by molar-refractivity contribution is 5.75. The summed E-state index contributed by atoms with van der Waals surface area (Å²) in [5.41, 5.74) is 11.8. The van der Waals surface area contributed by atoms with Gasteiger partial charge in [0.25, 0.3) is 0 Å². The summed E-state index contributed by atoms with van der Waals surface area (Å²) in [5.74, 6) is 0.0852. The molecule has 194 valence electrons. The van der Waals surface area contributed by atoms with E-state index in [0.717, 1.165) is 37.9 Å². The van der Waals surface area contributed by atoms with E-state index in [1.807, 2.05) is 0 Å². The number of aryl methyl sites for hydroxylation is 4. The van der Waals surface area contributed by atoms with Crippen LogP contribution in [-0.2, 0) is 28.8 Å². The van der Waals surface area contributed by atoms with Gasteiger partial charge in [-0.1, -0.05) is 36.4 Å². The van der Waals surface area contributed by atoms with Gasteiger partial charge in [-0.2, -0.15) is 0 Å². The highest BCUT2D eigenvalue weighted by atomic mass is 16.5. The van der Waals surface area contributed by atoms with Crippen LogP contribution in [0.4, 0.5) is 0 Å². The Hall–Kier alpha value is -3.11. The molecule has 0 aromatic heterocycles. The topological polar surface area (TPSA) is 58.6 Å². The second-order valence-corrected chi connectivity index (χ2v) is 11.1. The number of hydrogen-bond donors (Lipinski definition) is 0. The van der Waals surface area contributed by atoms with Crippen molar-refractivity contribution >= 4 is 5.97 Å². The fourth-order valence-electron chi connectivity index (χ4n) is 6.50. The van der Waals surface area contributed by atoms with Crippen LogP contribution in [0.3, 0.4) is 0 Å². The zero-order chi connectivity index (χ0) is 26.2. The van der Waals surface area contributed by atoms with Crippen molar-refractivity contribution in [3.05, 3.63) is 87.5 Å². The monoisotopic (exact) mass is 497 g/mol. The van der Waals surface area contributed by atoms with E-state index in [1.165, 1.54) is 50.1 Å². The van der Waals surface area contributed by atoms with Crippen LogP contribution in [0.15, 0.2) is 48.5 Å². The Balaban J connectivity index is 1.33. The molecule has 3 aromatic rings. The minimum Gasteiger partial charge on any atom is -0.550 e. The van der Waals surface area contributed by atoms with Crippen molar-refractivity contribution in [2.45, 2.75) is 65.2 Å². The third-order valence-electron chi connectivity index (χ3n) is 8.59. The molecule has 0 saturated heterocycles. The Morgan fingerprint density at radius 1 is 1.00 bits per heavy atom. The molecule has 0 N–H and O–H groups in total. The Labute approximate surface area is 220 Å². The summed E-state index contributed by atoms with van der Waals surface area (Å²) in [7, 11) is 1.68. The molecule has 4 heteroatoms. The predicted molar refractivity (Wildman–Crippen MR) is 145 cm³/mol. The second kappa shape index (κ2) is 10.3. The Kier molecular flexibility index (Phi) is 7.13. The minimum absolute atomic E-state index is 0.128. The molecule has 2 aliphatic carbocycles. The zero-order valence-corrected chi connectivity index (χ0v) is 22.5. The molecule has 0 aliphatic heterocycles. The highest BCUT2D eigenvalue weighted by Crippen LogP contribution is 2.64. The molecule has 0 heterocycles. The van der Waals surface area contributed by atoms with Crippen molar-refractivity contribution in [3.8, 4) is 16.9 Å². The molecule has 0 radical (unpaired) electrons. The van der Waals surface area contributed by atoms with Gasteiger partial charge in [-0.3, -0.25) is 0 Å². The fraction of sp³-hybridized carbons (Fsp3) is 0.424.